The van der Waals surface area contributed by atoms with Crippen LogP contribution in [0.2, 0.25) is 0 Å². The number of aryl methyl sites for hydroxylation is 1. The molecule has 1 saturated carbocycles. The largest absolute Gasteiger partial charge is 0.249 e. The molecule has 0 bridgehead atoms. The fourth-order valence-corrected chi connectivity index (χ4v) is 3.42. The maximum absolute atomic E-state index is 12.1. The van der Waals surface area contributed by atoms with Gasteiger partial charge in [0.15, 0.2) is 0 Å². The Morgan fingerprint density at radius 2 is 1.93 bits per heavy atom. The predicted octanol–water partition coefficient (Wildman–Crippen LogP) is 3.06. The van der Waals surface area contributed by atoms with Crippen molar-refractivity contribution < 1.29 is 4.21 Å². The van der Waals surface area contributed by atoms with E-state index in [2.05, 4.69) is 6.92 Å². The molecule has 1 aliphatic carbocycles. The van der Waals surface area contributed by atoms with Crippen LogP contribution in [0.1, 0.15) is 25.3 Å². The Kier molecular flexibility index (Phi) is 2.83. The number of benzene rings is 1. The SMILES string of the molecule is CCc1ccc(S(=N)(=O)CC2CC2)cc1. The average Bonchev–Trinajstić information content (AvgIpc) is 3.01. The van der Waals surface area contributed by atoms with Crippen LogP contribution in [0.4, 0.5) is 0 Å². The Morgan fingerprint density at radius 3 is 2.40 bits per heavy atom. The summed E-state index contributed by atoms with van der Waals surface area (Å²) in [5.41, 5.74) is 1.24. The van der Waals surface area contributed by atoms with Crippen molar-refractivity contribution in [3.63, 3.8) is 0 Å². The van der Waals surface area contributed by atoms with E-state index in [0.29, 0.717) is 16.6 Å². The highest BCUT2D eigenvalue weighted by Gasteiger charge is 2.26. The monoisotopic (exact) mass is 223 g/mol. The average molecular weight is 223 g/mol. The lowest BCUT2D eigenvalue weighted by Crippen LogP contribution is -2.06. The van der Waals surface area contributed by atoms with Crippen LogP contribution in [-0.2, 0) is 16.1 Å². The lowest BCUT2D eigenvalue weighted by molar-refractivity contribution is 0.671. The van der Waals surface area contributed by atoms with Gasteiger partial charge in [0.05, 0.1) is 9.73 Å². The highest BCUT2D eigenvalue weighted by molar-refractivity contribution is 7.92. The quantitative estimate of drug-likeness (QED) is 0.837. The first-order chi connectivity index (χ1) is 7.12. The second-order valence-electron chi connectivity index (χ2n) is 4.28. The van der Waals surface area contributed by atoms with E-state index in [1.165, 1.54) is 5.56 Å². The van der Waals surface area contributed by atoms with Crippen LogP contribution in [0.15, 0.2) is 29.2 Å². The van der Waals surface area contributed by atoms with Gasteiger partial charge in [-0.15, -0.1) is 0 Å². The second kappa shape index (κ2) is 3.97. The summed E-state index contributed by atoms with van der Waals surface area (Å²) in [6.07, 6.45) is 3.30. The van der Waals surface area contributed by atoms with Gasteiger partial charge in [0.25, 0.3) is 0 Å². The first-order valence-corrected chi connectivity index (χ1v) is 7.20. The third-order valence-corrected chi connectivity index (χ3v) is 4.85. The molecule has 3 heteroatoms. The van der Waals surface area contributed by atoms with Crippen LogP contribution in [0.3, 0.4) is 0 Å². The van der Waals surface area contributed by atoms with Crippen molar-refractivity contribution in [2.45, 2.75) is 31.1 Å². The van der Waals surface area contributed by atoms with Gasteiger partial charge in [-0.2, -0.15) is 0 Å². The van der Waals surface area contributed by atoms with Gasteiger partial charge in [-0.05, 0) is 42.9 Å². The third kappa shape index (κ3) is 2.59. The topological polar surface area (TPSA) is 40.9 Å². The minimum atomic E-state index is -2.52. The highest BCUT2D eigenvalue weighted by atomic mass is 32.2. The summed E-state index contributed by atoms with van der Waals surface area (Å²) >= 11 is 0. The fraction of sp³-hybridized carbons (Fsp3) is 0.500. The number of hydrogen-bond acceptors (Lipinski definition) is 2. The zero-order valence-corrected chi connectivity index (χ0v) is 9.85. The predicted molar refractivity (Wildman–Crippen MR) is 62.5 cm³/mol. The number of hydrogen-bond donors (Lipinski definition) is 1. The normalized spacial score (nSPS) is 19.8. The van der Waals surface area contributed by atoms with E-state index in [9.17, 15) is 4.21 Å². The summed E-state index contributed by atoms with van der Waals surface area (Å²) in [6.45, 7) is 2.09. The van der Waals surface area contributed by atoms with Gasteiger partial charge in [-0.1, -0.05) is 19.1 Å². The second-order valence-corrected chi connectivity index (χ2v) is 6.44. The molecule has 0 radical (unpaired) electrons. The van der Waals surface area contributed by atoms with Crippen LogP contribution in [0.25, 0.3) is 0 Å². The van der Waals surface area contributed by atoms with Crippen LogP contribution < -0.4 is 0 Å². The smallest absolute Gasteiger partial charge is 0.0728 e. The molecular formula is C12H17NOS. The van der Waals surface area contributed by atoms with Crippen molar-refractivity contribution in [2.24, 2.45) is 5.92 Å². The van der Waals surface area contributed by atoms with E-state index in [1.807, 2.05) is 24.3 Å². The van der Waals surface area contributed by atoms with Crippen molar-refractivity contribution in [1.82, 2.24) is 0 Å². The molecule has 82 valence electrons. The highest BCUT2D eigenvalue weighted by Crippen LogP contribution is 2.32. The molecule has 1 aliphatic rings. The molecule has 0 aliphatic heterocycles. The number of rotatable bonds is 4. The minimum Gasteiger partial charge on any atom is -0.249 e. The van der Waals surface area contributed by atoms with E-state index in [0.717, 1.165) is 19.3 Å². The molecule has 1 N–H and O–H groups in total. The van der Waals surface area contributed by atoms with Crippen LogP contribution in [-0.4, -0.2) is 9.96 Å². The van der Waals surface area contributed by atoms with Crippen molar-refractivity contribution in [1.29, 1.82) is 4.78 Å². The molecular weight excluding hydrogens is 206 g/mol. The van der Waals surface area contributed by atoms with E-state index in [-0.39, 0.29) is 0 Å². The van der Waals surface area contributed by atoms with Gasteiger partial charge in [0, 0.05) is 10.6 Å². The van der Waals surface area contributed by atoms with Gasteiger partial charge in [-0.25, -0.2) is 8.99 Å². The molecule has 0 aromatic heterocycles. The first kappa shape index (κ1) is 10.7. The van der Waals surface area contributed by atoms with Crippen molar-refractivity contribution in [3.8, 4) is 0 Å². The molecule has 2 nitrogen and oxygen atoms in total. The Balaban J connectivity index is 2.19. The maximum Gasteiger partial charge on any atom is 0.0728 e. The van der Waals surface area contributed by atoms with Crippen LogP contribution in [0.5, 0.6) is 0 Å². The molecule has 0 heterocycles. The molecule has 1 atom stereocenters. The lowest BCUT2D eigenvalue weighted by Gasteiger charge is -2.07. The van der Waals surface area contributed by atoms with E-state index >= 15 is 0 Å². The standard InChI is InChI=1S/C12H17NOS/c1-2-10-5-7-12(8-6-10)15(13,14)9-11-3-4-11/h5-8,11,13H,2-4,9H2,1H3. The molecule has 1 aromatic rings. The Labute approximate surface area is 91.7 Å². The minimum absolute atomic E-state index is 0.542. The molecule has 0 amide bonds. The van der Waals surface area contributed by atoms with Crippen LogP contribution >= 0.6 is 0 Å². The Morgan fingerprint density at radius 1 is 1.33 bits per heavy atom. The zero-order chi connectivity index (χ0) is 10.9. The van der Waals surface area contributed by atoms with E-state index in [4.69, 9.17) is 4.78 Å². The van der Waals surface area contributed by atoms with Crippen molar-refractivity contribution in [3.05, 3.63) is 29.8 Å². The third-order valence-electron chi connectivity index (χ3n) is 2.88. The summed E-state index contributed by atoms with van der Waals surface area (Å²) in [6, 6.07) is 7.68. The van der Waals surface area contributed by atoms with Crippen molar-refractivity contribution >= 4 is 9.73 Å². The zero-order valence-electron chi connectivity index (χ0n) is 9.03. The number of nitrogens with one attached hydrogen (secondary N) is 1. The first-order valence-electron chi connectivity index (χ1n) is 5.47. The Bertz CT molecular complexity index is 429. The van der Waals surface area contributed by atoms with Gasteiger partial charge in [0.1, 0.15) is 0 Å². The lowest BCUT2D eigenvalue weighted by atomic mass is 10.2. The van der Waals surface area contributed by atoms with Gasteiger partial charge in [-0.3, -0.25) is 0 Å². The summed E-state index contributed by atoms with van der Waals surface area (Å²) in [7, 11) is -2.52. The van der Waals surface area contributed by atoms with Gasteiger partial charge in [0.2, 0.25) is 0 Å². The van der Waals surface area contributed by atoms with Crippen molar-refractivity contribution in [2.75, 3.05) is 5.75 Å². The molecule has 15 heavy (non-hydrogen) atoms. The summed E-state index contributed by atoms with van der Waals surface area (Å²) in [5.74, 6) is 1.10. The summed E-state index contributed by atoms with van der Waals surface area (Å²) in [5, 5.41) is 0. The Hall–Kier alpha value is -0.830. The van der Waals surface area contributed by atoms with Gasteiger partial charge < -0.3 is 0 Å². The molecule has 2 rings (SSSR count). The molecule has 1 unspecified atom stereocenters. The van der Waals surface area contributed by atoms with E-state index in [1.54, 1.807) is 0 Å². The summed E-state index contributed by atoms with van der Waals surface area (Å²) < 4.78 is 20.0. The van der Waals surface area contributed by atoms with Gasteiger partial charge >= 0.3 is 0 Å². The van der Waals surface area contributed by atoms with Crippen LogP contribution in [0, 0.1) is 10.7 Å². The molecule has 0 spiro atoms. The molecule has 1 aromatic carbocycles. The molecule has 1 fully saturated rings. The maximum atomic E-state index is 12.1. The molecule has 0 saturated heterocycles. The summed E-state index contributed by atoms with van der Waals surface area (Å²) in [4.78, 5) is 0.701. The van der Waals surface area contributed by atoms with E-state index < -0.39 is 9.73 Å². The fourth-order valence-electron chi connectivity index (χ4n) is 1.66.